The van der Waals surface area contributed by atoms with Crippen molar-refractivity contribution in [1.29, 1.82) is 0 Å². The number of aryl methyl sites for hydroxylation is 1. The molecule has 2 nitrogen and oxygen atoms in total. The van der Waals surface area contributed by atoms with Crippen LogP contribution in [0.5, 0.6) is 5.75 Å². The van der Waals surface area contributed by atoms with E-state index < -0.39 is 17.4 Å². The molecule has 0 heterocycles. The Morgan fingerprint density at radius 2 is 1.81 bits per heavy atom. The number of hydrogen-bond donors (Lipinski definition) is 0. The summed E-state index contributed by atoms with van der Waals surface area (Å²) in [4.78, 5) is 12.4. The van der Waals surface area contributed by atoms with Gasteiger partial charge in [0.1, 0.15) is 17.4 Å². The second-order valence-corrected chi connectivity index (χ2v) is 5.10. The molecule has 0 bridgehead atoms. The minimum Gasteiger partial charge on any atom is -0.491 e. The van der Waals surface area contributed by atoms with E-state index in [9.17, 15) is 13.6 Å². The summed E-state index contributed by atoms with van der Waals surface area (Å²) in [6.45, 7) is 5.23. The van der Waals surface area contributed by atoms with E-state index in [0.717, 1.165) is 6.07 Å². The van der Waals surface area contributed by atoms with Gasteiger partial charge in [-0.3, -0.25) is 4.79 Å². The summed E-state index contributed by atoms with van der Waals surface area (Å²) in [7, 11) is 0. The van der Waals surface area contributed by atoms with Crippen molar-refractivity contribution in [2.24, 2.45) is 0 Å². The summed E-state index contributed by atoms with van der Waals surface area (Å²) in [6, 6.07) is 8.48. The summed E-state index contributed by atoms with van der Waals surface area (Å²) in [5.74, 6) is -1.49. The second-order valence-electron chi connectivity index (χ2n) is 5.10. The molecule has 0 amide bonds. The normalized spacial score (nSPS) is 10.8. The van der Waals surface area contributed by atoms with Crippen LogP contribution in [-0.4, -0.2) is 11.9 Å². The van der Waals surface area contributed by atoms with Crippen molar-refractivity contribution >= 4 is 5.78 Å². The van der Waals surface area contributed by atoms with Crippen LogP contribution in [0.2, 0.25) is 0 Å². The summed E-state index contributed by atoms with van der Waals surface area (Å²) in [5.41, 5.74) is 0.392. The summed E-state index contributed by atoms with van der Waals surface area (Å²) in [6.07, 6.45) is -0.0276. The van der Waals surface area contributed by atoms with Crippen molar-refractivity contribution in [3.8, 4) is 5.75 Å². The number of ether oxygens (including phenoxy) is 1. The highest BCUT2D eigenvalue weighted by molar-refractivity contribution is 6.09. The largest absolute Gasteiger partial charge is 0.491 e. The number of ketones is 1. The van der Waals surface area contributed by atoms with Crippen LogP contribution in [0, 0.1) is 18.6 Å². The summed E-state index contributed by atoms with van der Waals surface area (Å²) in [5, 5.41) is 0. The van der Waals surface area contributed by atoms with Gasteiger partial charge in [0, 0.05) is 11.6 Å². The third-order valence-electron chi connectivity index (χ3n) is 2.96. The number of rotatable bonds is 4. The van der Waals surface area contributed by atoms with Crippen LogP contribution in [-0.2, 0) is 0 Å². The van der Waals surface area contributed by atoms with Gasteiger partial charge in [0.2, 0.25) is 0 Å². The zero-order valence-corrected chi connectivity index (χ0v) is 12.1. The molecular weight excluding hydrogens is 274 g/mol. The lowest BCUT2D eigenvalue weighted by molar-refractivity contribution is 0.103. The first-order chi connectivity index (χ1) is 9.88. The zero-order chi connectivity index (χ0) is 15.6. The Bertz CT molecular complexity index is 678. The molecule has 0 aliphatic rings. The number of benzene rings is 2. The molecule has 2 aromatic rings. The molecule has 110 valence electrons. The molecule has 0 aliphatic carbocycles. The fourth-order valence-electron chi connectivity index (χ4n) is 1.97. The molecule has 0 spiro atoms. The van der Waals surface area contributed by atoms with Crippen LogP contribution >= 0.6 is 0 Å². The van der Waals surface area contributed by atoms with Crippen molar-refractivity contribution < 1.29 is 18.3 Å². The van der Waals surface area contributed by atoms with Gasteiger partial charge >= 0.3 is 0 Å². The molecular formula is C17H16F2O2. The lowest BCUT2D eigenvalue weighted by atomic mass is 10.0. The Morgan fingerprint density at radius 3 is 2.48 bits per heavy atom. The molecule has 0 fully saturated rings. The monoisotopic (exact) mass is 290 g/mol. The van der Waals surface area contributed by atoms with Crippen molar-refractivity contribution in [3.63, 3.8) is 0 Å². The Balaban J connectivity index is 2.38. The molecule has 0 radical (unpaired) electrons. The van der Waals surface area contributed by atoms with Crippen molar-refractivity contribution in [2.75, 3.05) is 0 Å². The fourth-order valence-corrected chi connectivity index (χ4v) is 1.97. The Morgan fingerprint density at radius 1 is 1.10 bits per heavy atom. The van der Waals surface area contributed by atoms with E-state index >= 15 is 0 Å². The molecule has 0 aliphatic heterocycles. The molecule has 21 heavy (non-hydrogen) atoms. The van der Waals surface area contributed by atoms with Crippen LogP contribution in [0.25, 0.3) is 0 Å². The highest BCUT2D eigenvalue weighted by Gasteiger charge is 2.17. The minimum atomic E-state index is -0.863. The topological polar surface area (TPSA) is 26.3 Å². The maximum absolute atomic E-state index is 13.8. The second kappa shape index (κ2) is 6.04. The van der Waals surface area contributed by atoms with E-state index in [-0.39, 0.29) is 17.2 Å². The average Bonchev–Trinajstić information content (AvgIpc) is 2.41. The minimum absolute atomic E-state index is 0.0276. The standard InChI is InChI=1S/C17H16F2O2/c1-10(2)21-13-6-4-5-12(8-13)17(20)14-7-11(3)15(18)9-16(14)19/h4-10H,1-3H3. The molecule has 0 saturated heterocycles. The summed E-state index contributed by atoms with van der Waals surface area (Å²) < 4.78 is 32.6. The Hall–Kier alpha value is -2.23. The highest BCUT2D eigenvalue weighted by atomic mass is 19.1. The van der Waals surface area contributed by atoms with Gasteiger partial charge in [-0.2, -0.15) is 0 Å². The van der Waals surface area contributed by atoms with Crippen molar-refractivity contribution in [1.82, 2.24) is 0 Å². The average molecular weight is 290 g/mol. The van der Waals surface area contributed by atoms with E-state index in [4.69, 9.17) is 4.74 Å². The third kappa shape index (κ3) is 3.45. The van der Waals surface area contributed by atoms with Gasteiger partial charge in [0.25, 0.3) is 0 Å². The van der Waals surface area contributed by atoms with Gasteiger partial charge in [0.05, 0.1) is 11.7 Å². The number of halogens is 2. The van der Waals surface area contributed by atoms with Gasteiger partial charge in [-0.1, -0.05) is 12.1 Å². The molecule has 0 saturated carbocycles. The van der Waals surface area contributed by atoms with Crippen molar-refractivity contribution in [2.45, 2.75) is 26.9 Å². The van der Waals surface area contributed by atoms with Crippen LogP contribution < -0.4 is 4.74 Å². The van der Waals surface area contributed by atoms with E-state index in [1.807, 2.05) is 13.8 Å². The molecule has 0 aromatic heterocycles. The predicted molar refractivity (Wildman–Crippen MR) is 76.7 cm³/mol. The van der Waals surface area contributed by atoms with Crippen LogP contribution in [0.1, 0.15) is 35.3 Å². The molecule has 2 rings (SSSR count). The zero-order valence-electron chi connectivity index (χ0n) is 12.1. The first-order valence-corrected chi connectivity index (χ1v) is 6.65. The van der Waals surface area contributed by atoms with E-state index in [1.54, 1.807) is 24.3 Å². The molecule has 0 N–H and O–H groups in total. The van der Waals surface area contributed by atoms with Gasteiger partial charge in [-0.15, -0.1) is 0 Å². The maximum Gasteiger partial charge on any atom is 0.196 e. The predicted octanol–water partition coefficient (Wildman–Crippen LogP) is 4.29. The smallest absolute Gasteiger partial charge is 0.196 e. The highest BCUT2D eigenvalue weighted by Crippen LogP contribution is 2.21. The number of carbonyl (C=O) groups excluding carboxylic acids is 1. The Labute approximate surface area is 122 Å². The molecule has 0 atom stereocenters. The maximum atomic E-state index is 13.8. The van der Waals surface area contributed by atoms with Gasteiger partial charge in [-0.25, -0.2) is 8.78 Å². The lowest BCUT2D eigenvalue weighted by Crippen LogP contribution is -2.08. The fraction of sp³-hybridized carbons (Fsp3) is 0.235. The van der Waals surface area contributed by atoms with Gasteiger partial charge in [-0.05, 0) is 44.5 Å². The molecule has 0 unspecified atom stereocenters. The van der Waals surface area contributed by atoms with E-state index in [2.05, 4.69) is 0 Å². The van der Waals surface area contributed by atoms with Crippen molar-refractivity contribution in [3.05, 3.63) is 64.7 Å². The van der Waals surface area contributed by atoms with Crippen LogP contribution in [0.3, 0.4) is 0 Å². The number of hydrogen-bond acceptors (Lipinski definition) is 2. The SMILES string of the molecule is Cc1cc(C(=O)c2cccc(OC(C)C)c2)c(F)cc1F. The number of carbonyl (C=O) groups is 1. The van der Waals surface area contributed by atoms with Gasteiger partial charge < -0.3 is 4.74 Å². The van der Waals surface area contributed by atoms with E-state index in [0.29, 0.717) is 11.3 Å². The van der Waals surface area contributed by atoms with Gasteiger partial charge in [0.15, 0.2) is 5.78 Å². The first-order valence-electron chi connectivity index (χ1n) is 6.65. The summed E-state index contributed by atoms with van der Waals surface area (Å²) >= 11 is 0. The first kappa shape index (κ1) is 15.2. The van der Waals surface area contributed by atoms with Crippen LogP contribution in [0.15, 0.2) is 36.4 Å². The molecule has 2 aromatic carbocycles. The third-order valence-corrected chi connectivity index (χ3v) is 2.96. The van der Waals surface area contributed by atoms with E-state index in [1.165, 1.54) is 13.0 Å². The quantitative estimate of drug-likeness (QED) is 0.785. The van der Waals surface area contributed by atoms with Crippen LogP contribution in [0.4, 0.5) is 8.78 Å². The Kier molecular flexibility index (Phi) is 4.36. The lowest BCUT2D eigenvalue weighted by Gasteiger charge is -2.11. The molecule has 4 heteroatoms.